The molecule has 3 nitrogen and oxygen atoms in total. The maximum atomic E-state index is 10.4. The normalized spacial score (nSPS) is 16.6. The second kappa shape index (κ2) is 3.96. The van der Waals surface area contributed by atoms with Crippen LogP contribution in [0.1, 0.15) is 25.6 Å². The van der Waals surface area contributed by atoms with Gasteiger partial charge in [-0.15, -0.1) is 11.3 Å². The summed E-state index contributed by atoms with van der Waals surface area (Å²) in [6.45, 7) is 6.27. The molecule has 80 valence electrons. The maximum absolute atomic E-state index is 10.4. The number of thiazole rings is 1. The SMILES string of the molecule is CC(C)(C)C(O)(CN)Cc1cncs1. The second-order valence-electron chi connectivity index (χ2n) is 4.63. The zero-order chi connectivity index (χ0) is 10.8. The molecule has 1 aromatic heterocycles. The van der Waals surface area contributed by atoms with Gasteiger partial charge in [-0.3, -0.25) is 4.98 Å². The lowest BCUT2D eigenvalue weighted by atomic mass is 9.74. The maximum Gasteiger partial charge on any atom is 0.0865 e. The van der Waals surface area contributed by atoms with Gasteiger partial charge in [-0.05, 0) is 5.41 Å². The molecular formula is C10H18N2OS. The van der Waals surface area contributed by atoms with Crippen LogP contribution in [-0.4, -0.2) is 22.2 Å². The average Bonchev–Trinajstić information content (AvgIpc) is 2.54. The summed E-state index contributed by atoms with van der Waals surface area (Å²) in [7, 11) is 0. The van der Waals surface area contributed by atoms with E-state index in [4.69, 9.17) is 5.73 Å². The Morgan fingerprint density at radius 2 is 2.14 bits per heavy atom. The molecule has 0 aromatic carbocycles. The lowest BCUT2D eigenvalue weighted by Gasteiger charge is -2.39. The lowest BCUT2D eigenvalue weighted by Crippen LogP contribution is -2.50. The van der Waals surface area contributed by atoms with E-state index < -0.39 is 5.60 Å². The Balaban J connectivity index is 2.82. The first-order chi connectivity index (χ1) is 6.39. The van der Waals surface area contributed by atoms with E-state index >= 15 is 0 Å². The van der Waals surface area contributed by atoms with Crippen molar-refractivity contribution in [1.29, 1.82) is 0 Å². The minimum absolute atomic E-state index is 0.217. The molecule has 0 aliphatic heterocycles. The molecule has 1 aromatic rings. The summed E-state index contributed by atoms with van der Waals surface area (Å²) in [4.78, 5) is 5.07. The second-order valence-corrected chi connectivity index (χ2v) is 5.60. The summed E-state index contributed by atoms with van der Waals surface area (Å²) >= 11 is 1.55. The standard InChI is InChI=1S/C10H18N2OS/c1-9(2,3)10(13,6-11)4-8-5-12-7-14-8/h5,7,13H,4,6,11H2,1-3H3. The van der Waals surface area contributed by atoms with Crippen LogP contribution in [0.4, 0.5) is 0 Å². The predicted molar refractivity (Wildman–Crippen MR) is 59.3 cm³/mol. The van der Waals surface area contributed by atoms with Crippen LogP contribution in [-0.2, 0) is 6.42 Å². The molecule has 0 amide bonds. The monoisotopic (exact) mass is 214 g/mol. The Bertz CT molecular complexity index is 279. The number of hydrogen-bond acceptors (Lipinski definition) is 4. The summed E-state index contributed by atoms with van der Waals surface area (Å²) in [5, 5.41) is 10.4. The highest BCUT2D eigenvalue weighted by Gasteiger charge is 2.39. The molecule has 0 bridgehead atoms. The van der Waals surface area contributed by atoms with Gasteiger partial charge in [0.25, 0.3) is 0 Å². The number of nitrogens with zero attached hydrogens (tertiary/aromatic N) is 1. The minimum atomic E-state index is -0.848. The number of hydrogen-bond donors (Lipinski definition) is 2. The zero-order valence-corrected chi connectivity index (χ0v) is 9.77. The van der Waals surface area contributed by atoms with Gasteiger partial charge in [0.15, 0.2) is 0 Å². The molecular weight excluding hydrogens is 196 g/mol. The van der Waals surface area contributed by atoms with Gasteiger partial charge in [0, 0.05) is 24.0 Å². The van der Waals surface area contributed by atoms with Gasteiger partial charge in [-0.1, -0.05) is 20.8 Å². The van der Waals surface area contributed by atoms with Crippen LogP contribution in [0.25, 0.3) is 0 Å². The van der Waals surface area contributed by atoms with Crippen LogP contribution >= 0.6 is 11.3 Å². The van der Waals surface area contributed by atoms with Crippen LogP contribution in [0.15, 0.2) is 11.7 Å². The van der Waals surface area contributed by atoms with Crippen molar-refractivity contribution < 1.29 is 5.11 Å². The van der Waals surface area contributed by atoms with Gasteiger partial charge in [-0.25, -0.2) is 0 Å². The Kier molecular flexibility index (Phi) is 3.29. The molecule has 1 heterocycles. The van der Waals surface area contributed by atoms with Crippen LogP contribution in [0.5, 0.6) is 0 Å². The highest BCUT2D eigenvalue weighted by atomic mass is 32.1. The summed E-state index contributed by atoms with van der Waals surface area (Å²) in [5.41, 5.74) is 6.35. The van der Waals surface area contributed by atoms with E-state index in [1.54, 1.807) is 23.0 Å². The Morgan fingerprint density at radius 1 is 1.50 bits per heavy atom. The summed E-state index contributed by atoms with van der Waals surface area (Å²) in [6, 6.07) is 0. The molecule has 14 heavy (non-hydrogen) atoms. The third-order valence-electron chi connectivity index (χ3n) is 2.68. The van der Waals surface area contributed by atoms with Crippen molar-refractivity contribution in [3.63, 3.8) is 0 Å². The number of nitrogens with two attached hydrogens (primary N) is 1. The fourth-order valence-corrected chi connectivity index (χ4v) is 1.96. The van der Waals surface area contributed by atoms with Crippen molar-refractivity contribution in [3.05, 3.63) is 16.6 Å². The molecule has 0 spiro atoms. The lowest BCUT2D eigenvalue weighted by molar-refractivity contribution is -0.0484. The van der Waals surface area contributed by atoms with Crippen LogP contribution in [0.2, 0.25) is 0 Å². The summed E-state index contributed by atoms with van der Waals surface area (Å²) in [5.74, 6) is 0. The van der Waals surface area contributed by atoms with Crippen molar-refractivity contribution in [3.8, 4) is 0 Å². The van der Waals surface area contributed by atoms with Crippen molar-refractivity contribution in [2.75, 3.05) is 6.54 Å². The molecule has 3 N–H and O–H groups in total. The molecule has 0 aliphatic carbocycles. The van der Waals surface area contributed by atoms with E-state index in [2.05, 4.69) is 4.98 Å². The Morgan fingerprint density at radius 3 is 2.50 bits per heavy atom. The largest absolute Gasteiger partial charge is 0.388 e. The predicted octanol–water partition coefficient (Wildman–Crippen LogP) is 1.42. The first kappa shape index (κ1) is 11.6. The van der Waals surface area contributed by atoms with Crippen LogP contribution in [0, 0.1) is 5.41 Å². The Labute approximate surface area is 89.0 Å². The Hall–Kier alpha value is -0.450. The van der Waals surface area contributed by atoms with Crippen molar-refractivity contribution >= 4 is 11.3 Å². The average molecular weight is 214 g/mol. The number of aliphatic hydroxyl groups is 1. The van der Waals surface area contributed by atoms with Gasteiger partial charge < -0.3 is 10.8 Å². The first-order valence-electron chi connectivity index (χ1n) is 4.69. The highest BCUT2D eigenvalue weighted by Crippen LogP contribution is 2.33. The van der Waals surface area contributed by atoms with Crippen LogP contribution < -0.4 is 5.73 Å². The molecule has 4 heteroatoms. The van der Waals surface area contributed by atoms with E-state index in [0.717, 1.165) is 4.88 Å². The van der Waals surface area contributed by atoms with Gasteiger partial charge in [-0.2, -0.15) is 0 Å². The molecule has 0 saturated heterocycles. The molecule has 1 unspecified atom stereocenters. The van der Waals surface area contributed by atoms with E-state index in [1.807, 2.05) is 20.8 Å². The topological polar surface area (TPSA) is 59.1 Å². The summed E-state index contributed by atoms with van der Waals surface area (Å²) < 4.78 is 0. The summed E-state index contributed by atoms with van der Waals surface area (Å²) in [6.07, 6.45) is 2.37. The first-order valence-corrected chi connectivity index (χ1v) is 5.57. The van der Waals surface area contributed by atoms with Gasteiger partial charge >= 0.3 is 0 Å². The molecule has 0 fully saturated rings. The molecule has 0 radical (unpaired) electrons. The van der Waals surface area contributed by atoms with Gasteiger partial charge in [0.2, 0.25) is 0 Å². The van der Waals surface area contributed by atoms with Crippen molar-refractivity contribution in [2.45, 2.75) is 32.8 Å². The fourth-order valence-electron chi connectivity index (χ4n) is 1.26. The quantitative estimate of drug-likeness (QED) is 0.800. The van der Waals surface area contributed by atoms with E-state index in [1.165, 1.54) is 0 Å². The zero-order valence-electron chi connectivity index (χ0n) is 8.95. The van der Waals surface area contributed by atoms with E-state index in [-0.39, 0.29) is 12.0 Å². The number of rotatable bonds is 3. The fraction of sp³-hybridized carbons (Fsp3) is 0.700. The molecule has 1 atom stereocenters. The molecule has 0 aliphatic rings. The third-order valence-corrected chi connectivity index (χ3v) is 3.46. The van der Waals surface area contributed by atoms with Crippen molar-refractivity contribution in [2.24, 2.45) is 11.1 Å². The van der Waals surface area contributed by atoms with E-state index in [9.17, 15) is 5.11 Å². The van der Waals surface area contributed by atoms with Gasteiger partial charge in [0.1, 0.15) is 0 Å². The van der Waals surface area contributed by atoms with Crippen LogP contribution in [0.3, 0.4) is 0 Å². The van der Waals surface area contributed by atoms with Gasteiger partial charge in [0.05, 0.1) is 11.1 Å². The van der Waals surface area contributed by atoms with Crippen molar-refractivity contribution in [1.82, 2.24) is 4.98 Å². The smallest absolute Gasteiger partial charge is 0.0865 e. The minimum Gasteiger partial charge on any atom is -0.388 e. The molecule has 0 saturated carbocycles. The number of aromatic nitrogens is 1. The van der Waals surface area contributed by atoms with E-state index in [0.29, 0.717) is 6.42 Å². The molecule has 1 rings (SSSR count). The third kappa shape index (κ3) is 2.32. The highest BCUT2D eigenvalue weighted by molar-refractivity contribution is 7.09.